The van der Waals surface area contributed by atoms with E-state index in [1.54, 1.807) is 12.1 Å². The van der Waals surface area contributed by atoms with Gasteiger partial charge in [0.1, 0.15) is 11.5 Å². The maximum absolute atomic E-state index is 13.5. The average molecular weight is 478 g/mol. The number of anilines is 3. The third kappa shape index (κ3) is 3.95. The highest BCUT2D eigenvalue weighted by Crippen LogP contribution is 2.41. The number of rotatable bonds is 4. The summed E-state index contributed by atoms with van der Waals surface area (Å²) in [5.41, 5.74) is -0.455. The quantitative estimate of drug-likeness (QED) is 0.579. The minimum Gasteiger partial charge on any atom is -0.497 e. The Morgan fingerprint density at radius 1 is 0.848 bits per heavy atom. The van der Waals surface area contributed by atoms with Gasteiger partial charge in [-0.05, 0) is 54.6 Å². The van der Waals surface area contributed by atoms with Crippen molar-refractivity contribution in [1.29, 1.82) is 0 Å². The Morgan fingerprint density at radius 3 is 2.06 bits per heavy atom. The molecule has 0 atom stereocenters. The maximum atomic E-state index is 13.5. The molecule has 0 unspecified atom stereocenters. The molecule has 0 fully saturated rings. The van der Waals surface area contributed by atoms with Crippen LogP contribution in [0.3, 0.4) is 0 Å². The second kappa shape index (κ2) is 8.00. The van der Waals surface area contributed by atoms with Gasteiger partial charge in [0.15, 0.2) is 0 Å². The SMILES string of the molecule is COc1ccc2c(c1)Nc1ccc(OC)cc1C(=O)N2S(=O)(=O)c1ccc(C(F)(F)F)cc1. The van der Waals surface area contributed by atoms with Crippen LogP contribution in [0.2, 0.25) is 0 Å². The van der Waals surface area contributed by atoms with Crippen LogP contribution in [-0.4, -0.2) is 28.5 Å². The van der Waals surface area contributed by atoms with Gasteiger partial charge in [-0.25, -0.2) is 8.42 Å². The number of methoxy groups -OCH3 is 2. The fourth-order valence-electron chi connectivity index (χ4n) is 3.38. The summed E-state index contributed by atoms with van der Waals surface area (Å²) in [6, 6.07) is 11.8. The summed E-state index contributed by atoms with van der Waals surface area (Å²) in [5, 5.41) is 3.03. The zero-order valence-corrected chi connectivity index (χ0v) is 18.1. The Balaban J connectivity index is 1.92. The van der Waals surface area contributed by atoms with Crippen LogP contribution in [0.15, 0.2) is 65.6 Å². The Bertz CT molecular complexity index is 1340. The lowest BCUT2D eigenvalue weighted by molar-refractivity contribution is -0.137. The van der Waals surface area contributed by atoms with E-state index in [0.29, 0.717) is 33.6 Å². The van der Waals surface area contributed by atoms with Crippen molar-refractivity contribution in [2.45, 2.75) is 11.1 Å². The Morgan fingerprint density at radius 2 is 1.45 bits per heavy atom. The molecule has 3 aromatic rings. The van der Waals surface area contributed by atoms with E-state index in [1.165, 1.54) is 38.5 Å². The van der Waals surface area contributed by atoms with Crippen molar-refractivity contribution in [3.8, 4) is 11.5 Å². The highest BCUT2D eigenvalue weighted by atomic mass is 32.2. The number of sulfonamides is 1. The van der Waals surface area contributed by atoms with Crippen molar-refractivity contribution >= 4 is 33.0 Å². The largest absolute Gasteiger partial charge is 0.497 e. The van der Waals surface area contributed by atoms with Gasteiger partial charge < -0.3 is 14.8 Å². The Kier molecular flexibility index (Phi) is 5.44. The molecule has 1 N–H and O–H groups in total. The fourth-order valence-corrected chi connectivity index (χ4v) is 4.81. The zero-order valence-electron chi connectivity index (χ0n) is 17.3. The highest BCUT2D eigenvalue weighted by Gasteiger charge is 2.38. The van der Waals surface area contributed by atoms with E-state index in [9.17, 15) is 26.4 Å². The molecule has 7 nitrogen and oxygen atoms in total. The van der Waals surface area contributed by atoms with Gasteiger partial charge in [-0.2, -0.15) is 17.5 Å². The van der Waals surface area contributed by atoms with E-state index in [2.05, 4.69) is 5.32 Å². The summed E-state index contributed by atoms with van der Waals surface area (Å²) in [5.74, 6) is -0.183. The molecule has 172 valence electrons. The van der Waals surface area contributed by atoms with Crippen LogP contribution in [0.5, 0.6) is 11.5 Å². The molecule has 1 heterocycles. The molecule has 11 heteroatoms. The van der Waals surface area contributed by atoms with E-state index in [0.717, 1.165) is 12.1 Å². The van der Waals surface area contributed by atoms with Gasteiger partial charge in [0, 0.05) is 6.07 Å². The van der Waals surface area contributed by atoms with Gasteiger partial charge in [-0.1, -0.05) is 0 Å². The van der Waals surface area contributed by atoms with Crippen LogP contribution >= 0.6 is 0 Å². The van der Waals surface area contributed by atoms with Gasteiger partial charge in [0.05, 0.1) is 47.3 Å². The number of nitrogens with zero attached hydrogens (tertiary/aromatic N) is 1. The van der Waals surface area contributed by atoms with E-state index >= 15 is 0 Å². The van der Waals surface area contributed by atoms with Crippen molar-refractivity contribution in [3.63, 3.8) is 0 Å². The average Bonchev–Trinajstić information content (AvgIpc) is 2.91. The lowest BCUT2D eigenvalue weighted by atomic mass is 10.1. The standard InChI is InChI=1S/C22H17F3N2O5S/c1-31-14-5-9-18-17(11-14)21(28)27(20-10-6-15(32-2)12-19(20)26-18)33(29,30)16-7-3-13(4-8-16)22(23,24)25/h3-12,26H,1-2H3. The topological polar surface area (TPSA) is 84.9 Å². The number of ether oxygens (including phenoxy) is 2. The Labute approximate surface area is 187 Å². The van der Waals surface area contributed by atoms with E-state index in [-0.39, 0.29) is 16.9 Å². The third-order valence-corrected chi connectivity index (χ3v) is 6.76. The van der Waals surface area contributed by atoms with E-state index in [4.69, 9.17) is 9.47 Å². The van der Waals surface area contributed by atoms with Crippen LogP contribution in [0.1, 0.15) is 15.9 Å². The molecule has 0 bridgehead atoms. The number of benzene rings is 3. The van der Waals surface area contributed by atoms with Crippen molar-refractivity contribution in [2.24, 2.45) is 0 Å². The first-order valence-corrected chi connectivity index (χ1v) is 10.9. The number of halogens is 3. The predicted molar refractivity (Wildman–Crippen MR) is 115 cm³/mol. The Hall–Kier alpha value is -3.73. The first-order chi connectivity index (χ1) is 15.6. The molecule has 0 aromatic heterocycles. The number of carbonyl (C=O) groups is 1. The molecule has 0 aliphatic carbocycles. The molecule has 1 aliphatic heterocycles. The van der Waals surface area contributed by atoms with Crippen LogP contribution in [0.25, 0.3) is 0 Å². The minimum absolute atomic E-state index is 0.00000325. The maximum Gasteiger partial charge on any atom is 0.416 e. The number of amides is 1. The number of hydrogen-bond acceptors (Lipinski definition) is 6. The summed E-state index contributed by atoms with van der Waals surface area (Å²) in [4.78, 5) is 13.0. The summed E-state index contributed by atoms with van der Waals surface area (Å²) >= 11 is 0. The van der Waals surface area contributed by atoms with Gasteiger partial charge in [-0.3, -0.25) is 4.79 Å². The molecule has 0 saturated heterocycles. The van der Waals surface area contributed by atoms with Crippen molar-refractivity contribution in [1.82, 2.24) is 0 Å². The molecular weight excluding hydrogens is 461 g/mol. The summed E-state index contributed by atoms with van der Waals surface area (Å²) < 4.78 is 76.8. The molecule has 33 heavy (non-hydrogen) atoms. The fraction of sp³-hybridized carbons (Fsp3) is 0.136. The number of hydrogen-bond donors (Lipinski definition) is 1. The van der Waals surface area contributed by atoms with Gasteiger partial charge >= 0.3 is 6.18 Å². The summed E-state index contributed by atoms with van der Waals surface area (Å²) in [6.07, 6.45) is -4.64. The summed E-state index contributed by atoms with van der Waals surface area (Å²) in [6.45, 7) is 0. The molecule has 0 saturated carbocycles. The van der Waals surface area contributed by atoms with Crippen LogP contribution in [-0.2, 0) is 16.2 Å². The molecule has 3 aromatic carbocycles. The molecule has 1 amide bonds. The van der Waals surface area contributed by atoms with Crippen LogP contribution in [0, 0.1) is 0 Å². The molecule has 4 rings (SSSR count). The van der Waals surface area contributed by atoms with E-state index < -0.39 is 32.6 Å². The predicted octanol–water partition coefficient (Wildman–Crippen LogP) is 4.82. The molecule has 0 spiro atoms. The first-order valence-electron chi connectivity index (χ1n) is 9.46. The number of nitrogens with one attached hydrogen (secondary N) is 1. The molecule has 0 radical (unpaired) electrons. The van der Waals surface area contributed by atoms with Crippen molar-refractivity contribution < 1.29 is 35.9 Å². The summed E-state index contributed by atoms with van der Waals surface area (Å²) in [7, 11) is -1.77. The van der Waals surface area contributed by atoms with Gasteiger partial charge in [0.25, 0.3) is 15.9 Å². The smallest absolute Gasteiger partial charge is 0.416 e. The monoisotopic (exact) mass is 478 g/mol. The zero-order chi connectivity index (χ0) is 24.0. The molecular formula is C22H17F3N2O5S. The van der Waals surface area contributed by atoms with Crippen molar-refractivity contribution in [3.05, 3.63) is 71.8 Å². The number of carbonyl (C=O) groups excluding carboxylic acids is 1. The minimum atomic E-state index is -4.64. The van der Waals surface area contributed by atoms with Crippen LogP contribution < -0.4 is 19.1 Å². The number of alkyl halides is 3. The van der Waals surface area contributed by atoms with Crippen LogP contribution in [0.4, 0.5) is 30.2 Å². The first kappa shape index (κ1) is 22.5. The second-order valence-corrected chi connectivity index (χ2v) is 8.80. The van der Waals surface area contributed by atoms with Gasteiger partial charge in [0.2, 0.25) is 0 Å². The second-order valence-electron chi connectivity index (χ2n) is 7.02. The lowest BCUT2D eigenvalue weighted by Crippen LogP contribution is -2.36. The highest BCUT2D eigenvalue weighted by molar-refractivity contribution is 7.93. The third-order valence-electron chi connectivity index (χ3n) is 5.05. The molecule has 1 aliphatic rings. The van der Waals surface area contributed by atoms with Crippen molar-refractivity contribution in [2.75, 3.05) is 23.8 Å². The number of fused-ring (bicyclic) bond motifs is 2. The normalized spacial score (nSPS) is 13.5. The lowest BCUT2D eigenvalue weighted by Gasteiger charge is -2.23. The van der Waals surface area contributed by atoms with Gasteiger partial charge in [-0.15, -0.1) is 0 Å². The van der Waals surface area contributed by atoms with E-state index in [1.807, 2.05) is 0 Å².